The highest BCUT2D eigenvalue weighted by atomic mass is 16.5. The molecule has 3 aromatic rings. The normalized spacial score (nSPS) is 15.5. The molecule has 10 heteroatoms. The van der Waals surface area contributed by atoms with Gasteiger partial charge < -0.3 is 31.1 Å². The Balaban J connectivity index is 0.000000274. The highest BCUT2D eigenvalue weighted by Crippen LogP contribution is 2.40. The predicted octanol–water partition coefficient (Wildman–Crippen LogP) is 5.73. The number of aliphatic hydroxyl groups excluding tert-OH is 1. The SMILES string of the molecule is C=C(OCc1ccccc1)N1CCCC1CNc1ccccn1.CC.CC(=O)CCNC(=O)CO.NC(=O)C1(c2ccccc2)CCCC1. The molecule has 1 saturated heterocycles. The summed E-state index contributed by atoms with van der Waals surface area (Å²) >= 11 is 0. The van der Waals surface area contributed by atoms with Gasteiger partial charge in [0.25, 0.3) is 0 Å². The zero-order valence-electron chi connectivity index (χ0n) is 29.4. The van der Waals surface area contributed by atoms with Crippen LogP contribution in [-0.4, -0.2) is 64.9 Å². The van der Waals surface area contributed by atoms with Gasteiger partial charge in [-0.2, -0.15) is 0 Å². The molecule has 2 amide bonds. The first kappa shape index (κ1) is 40.5. The van der Waals surface area contributed by atoms with Gasteiger partial charge in [0.1, 0.15) is 24.8 Å². The number of nitrogens with zero attached hydrogens (tertiary/aromatic N) is 2. The van der Waals surface area contributed by atoms with E-state index in [0.717, 1.165) is 68.0 Å². The third-order valence-corrected chi connectivity index (χ3v) is 8.33. The Bertz CT molecular complexity index is 1380. The Hall–Kier alpha value is -4.70. The summed E-state index contributed by atoms with van der Waals surface area (Å²) in [6.07, 6.45) is 8.48. The van der Waals surface area contributed by atoms with Gasteiger partial charge in [-0.25, -0.2) is 4.98 Å². The van der Waals surface area contributed by atoms with Crippen LogP contribution in [0.25, 0.3) is 0 Å². The summed E-state index contributed by atoms with van der Waals surface area (Å²) in [6.45, 7) is 11.8. The highest BCUT2D eigenvalue weighted by Gasteiger charge is 2.40. The van der Waals surface area contributed by atoms with Crippen LogP contribution in [0.5, 0.6) is 0 Å². The summed E-state index contributed by atoms with van der Waals surface area (Å²) in [5.41, 5.74) is 7.40. The number of carbonyl (C=O) groups is 3. The molecule has 1 atom stereocenters. The van der Waals surface area contributed by atoms with Crippen molar-refractivity contribution in [1.82, 2.24) is 15.2 Å². The molecule has 5 N–H and O–H groups in total. The zero-order valence-corrected chi connectivity index (χ0v) is 29.4. The molecular formula is C39H55N5O5. The van der Waals surface area contributed by atoms with Crippen molar-refractivity contribution in [2.24, 2.45) is 5.73 Å². The molecule has 10 nitrogen and oxygen atoms in total. The predicted molar refractivity (Wildman–Crippen MR) is 195 cm³/mol. The lowest BCUT2D eigenvalue weighted by Gasteiger charge is -2.28. The molecule has 2 aliphatic rings. The summed E-state index contributed by atoms with van der Waals surface area (Å²) < 4.78 is 5.88. The van der Waals surface area contributed by atoms with Crippen molar-refractivity contribution in [3.8, 4) is 0 Å². The van der Waals surface area contributed by atoms with Crippen molar-refractivity contribution in [2.45, 2.75) is 83.8 Å². The van der Waals surface area contributed by atoms with Gasteiger partial charge in [-0.1, -0.05) is 93.4 Å². The maximum absolute atomic E-state index is 11.5. The molecule has 2 aromatic carbocycles. The molecule has 266 valence electrons. The first-order chi connectivity index (χ1) is 23.7. The molecule has 0 spiro atoms. The molecule has 1 aliphatic heterocycles. The Morgan fingerprint density at radius 3 is 2.18 bits per heavy atom. The Kier molecular flexibility index (Phi) is 18.8. The second-order valence-corrected chi connectivity index (χ2v) is 11.7. The number of pyridine rings is 1. The number of likely N-dealkylation sites (tertiary alicyclic amines) is 1. The summed E-state index contributed by atoms with van der Waals surface area (Å²) in [6, 6.07) is 26.4. The van der Waals surface area contributed by atoms with Crippen molar-refractivity contribution >= 4 is 23.4 Å². The summed E-state index contributed by atoms with van der Waals surface area (Å²) in [4.78, 5) is 38.7. The summed E-state index contributed by atoms with van der Waals surface area (Å²) in [7, 11) is 0. The van der Waals surface area contributed by atoms with Crippen LogP contribution in [0.2, 0.25) is 0 Å². The monoisotopic (exact) mass is 673 g/mol. The number of benzene rings is 2. The lowest BCUT2D eigenvalue weighted by molar-refractivity contribution is -0.124. The molecule has 5 rings (SSSR count). The fourth-order valence-electron chi connectivity index (χ4n) is 5.74. The molecule has 2 fully saturated rings. The van der Waals surface area contributed by atoms with Crippen LogP contribution in [-0.2, 0) is 31.1 Å². The van der Waals surface area contributed by atoms with Crippen LogP contribution >= 0.6 is 0 Å². The molecule has 49 heavy (non-hydrogen) atoms. The van der Waals surface area contributed by atoms with E-state index in [1.807, 2.05) is 80.6 Å². The van der Waals surface area contributed by atoms with E-state index in [-0.39, 0.29) is 17.1 Å². The minimum Gasteiger partial charge on any atom is -0.475 e. The minimum atomic E-state index is -0.516. The smallest absolute Gasteiger partial charge is 0.245 e. The number of rotatable bonds is 13. The molecule has 1 saturated carbocycles. The van der Waals surface area contributed by atoms with Crippen molar-refractivity contribution in [2.75, 3.05) is 31.6 Å². The second kappa shape index (κ2) is 22.8. The molecule has 1 aromatic heterocycles. The second-order valence-electron chi connectivity index (χ2n) is 11.7. The van der Waals surface area contributed by atoms with E-state index in [1.165, 1.54) is 13.3 Å². The number of anilines is 1. The highest BCUT2D eigenvalue weighted by molar-refractivity contribution is 5.87. The molecule has 0 bridgehead atoms. The van der Waals surface area contributed by atoms with E-state index >= 15 is 0 Å². The van der Waals surface area contributed by atoms with E-state index in [1.54, 1.807) is 6.20 Å². The Labute approximate surface area is 292 Å². The van der Waals surface area contributed by atoms with Crippen LogP contribution in [0.3, 0.4) is 0 Å². The number of nitrogens with one attached hydrogen (secondary N) is 2. The molecule has 1 aliphatic carbocycles. The third-order valence-electron chi connectivity index (χ3n) is 8.33. The first-order valence-electron chi connectivity index (χ1n) is 17.2. The van der Waals surface area contributed by atoms with E-state index in [2.05, 4.69) is 39.2 Å². The number of Topliss-reactive ketones (excluding diaryl/α,β-unsaturated/α-hetero) is 1. The lowest BCUT2D eigenvalue weighted by atomic mass is 9.78. The van der Waals surface area contributed by atoms with Gasteiger partial charge in [0.05, 0.1) is 5.41 Å². The number of carbonyl (C=O) groups excluding carboxylic acids is 3. The van der Waals surface area contributed by atoms with Crippen LogP contribution < -0.4 is 16.4 Å². The van der Waals surface area contributed by atoms with Crippen molar-refractivity contribution < 1.29 is 24.2 Å². The van der Waals surface area contributed by atoms with Gasteiger partial charge >= 0.3 is 0 Å². The van der Waals surface area contributed by atoms with Gasteiger partial charge in [-0.15, -0.1) is 0 Å². The first-order valence-corrected chi connectivity index (χ1v) is 17.2. The lowest BCUT2D eigenvalue weighted by Crippen LogP contribution is -2.38. The number of primary amides is 1. The van der Waals surface area contributed by atoms with Crippen LogP contribution in [0, 0.1) is 0 Å². The number of nitrogens with two attached hydrogens (primary N) is 1. The van der Waals surface area contributed by atoms with E-state index in [0.29, 0.717) is 25.6 Å². The zero-order chi connectivity index (χ0) is 35.9. The summed E-state index contributed by atoms with van der Waals surface area (Å²) in [5.74, 6) is 1.09. The standard InChI is InChI=1S/C19H23N3O.C12H15NO.C6H11NO3.C2H6/c1-16(23-15-17-8-3-2-4-9-17)22-13-7-10-18(22)14-21-19-11-5-6-12-20-19;13-11(14)12(8-4-5-9-12)10-6-2-1-3-7-10;1-5(9)2-3-7-6(10)4-8;1-2/h2-6,8-9,11-12,18H,1,7,10,13-15H2,(H,20,21);1-3,6-7H,4-5,8-9H2,(H2,13,14);8H,2-4H2,1H3,(H,7,10);1-2H3. The van der Waals surface area contributed by atoms with Crippen molar-refractivity contribution in [3.05, 3.63) is 109 Å². The van der Waals surface area contributed by atoms with Crippen molar-refractivity contribution in [1.29, 1.82) is 0 Å². The van der Waals surface area contributed by atoms with Crippen molar-refractivity contribution in [3.63, 3.8) is 0 Å². The number of ether oxygens (including phenoxy) is 1. The number of hydrogen-bond acceptors (Lipinski definition) is 8. The minimum absolute atomic E-state index is 0.0261. The van der Waals surface area contributed by atoms with E-state index in [4.69, 9.17) is 15.6 Å². The topological polar surface area (TPSA) is 147 Å². The van der Waals surface area contributed by atoms with Gasteiger partial charge in [0, 0.05) is 38.3 Å². The molecular weight excluding hydrogens is 618 g/mol. The number of aromatic nitrogens is 1. The average Bonchev–Trinajstić information content (AvgIpc) is 3.84. The third kappa shape index (κ3) is 14.1. The fourth-order valence-corrected chi connectivity index (χ4v) is 5.74. The quantitative estimate of drug-likeness (QED) is 0.168. The molecule has 2 heterocycles. The van der Waals surface area contributed by atoms with Gasteiger partial charge in [0.15, 0.2) is 5.88 Å². The average molecular weight is 674 g/mol. The van der Waals surface area contributed by atoms with Crippen LogP contribution in [0.1, 0.15) is 76.8 Å². The van der Waals surface area contributed by atoms with Gasteiger partial charge in [-0.05, 0) is 62.4 Å². The number of ketones is 1. The summed E-state index contributed by atoms with van der Waals surface area (Å²) in [5, 5.41) is 14.0. The van der Waals surface area contributed by atoms with Crippen LogP contribution in [0.15, 0.2) is 97.5 Å². The van der Waals surface area contributed by atoms with Gasteiger partial charge in [0.2, 0.25) is 11.8 Å². The van der Waals surface area contributed by atoms with E-state index in [9.17, 15) is 14.4 Å². The van der Waals surface area contributed by atoms with Crippen LogP contribution in [0.4, 0.5) is 5.82 Å². The fraction of sp³-hybridized carbons (Fsp3) is 0.436. The number of aliphatic hydroxyl groups is 1. The Morgan fingerprint density at radius 1 is 0.980 bits per heavy atom. The number of hydrogen-bond donors (Lipinski definition) is 4. The Morgan fingerprint density at radius 2 is 1.61 bits per heavy atom. The largest absolute Gasteiger partial charge is 0.475 e. The maximum atomic E-state index is 11.5. The number of amides is 2. The van der Waals surface area contributed by atoms with E-state index < -0.39 is 12.5 Å². The molecule has 1 unspecified atom stereocenters. The molecule has 0 radical (unpaired) electrons. The van der Waals surface area contributed by atoms with Gasteiger partial charge in [-0.3, -0.25) is 14.4 Å². The maximum Gasteiger partial charge on any atom is 0.245 e.